The van der Waals surface area contributed by atoms with Gasteiger partial charge in [-0.05, 0) is 30.4 Å². The molecule has 1 aromatic heterocycles. The van der Waals surface area contributed by atoms with Gasteiger partial charge in [-0.15, -0.1) is 0 Å². The average molecular weight is 324 g/mol. The van der Waals surface area contributed by atoms with Crippen LogP contribution < -0.4 is 10.2 Å². The van der Waals surface area contributed by atoms with Crippen molar-refractivity contribution in [2.45, 2.75) is 38.1 Å². The fraction of sp³-hybridized carbons (Fsp3) is 0.474. The first-order valence-corrected chi connectivity index (χ1v) is 8.88. The Labute approximate surface area is 142 Å². The lowest BCUT2D eigenvalue weighted by atomic mass is 9.99. The van der Waals surface area contributed by atoms with Gasteiger partial charge >= 0.3 is 0 Å². The van der Waals surface area contributed by atoms with Crippen LogP contribution in [0.5, 0.6) is 0 Å². The van der Waals surface area contributed by atoms with Crippen LogP contribution in [0.4, 0.5) is 11.8 Å². The van der Waals surface area contributed by atoms with Crippen molar-refractivity contribution in [3.8, 4) is 0 Å². The van der Waals surface area contributed by atoms with Crippen molar-refractivity contribution in [3.63, 3.8) is 0 Å². The normalized spacial score (nSPS) is 21.2. The van der Waals surface area contributed by atoms with Crippen LogP contribution in [0.3, 0.4) is 0 Å². The molecule has 126 valence electrons. The van der Waals surface area contributed by atoms with Gasteiger partial charge in [0.2, 0.25) is 5.95 Å². The second-order valence-electron chi connectivity index (χ2n) is 6.63. The summed E-state index contributed by atoms with van der Waals surface area (Å²) in [6.07, 6.45) is 2.79. The maximum Gasteiger partial charge on any atom is 0.224 e. The summed E-state index contributed by atoms with van der Waals surface area (Å²) in [7, 11) is 0. The van der Waals surface area contributed by atoms with E-state index in [1.807, 2.05) is 0 Å². The van der Waals surface area contributed by atoms with Gasteiger partial charge in [-0.1, -0.05) is 31.2 Å². The first kappa shape index (κ1) is 15.4. The summed E-state index contributed by atoms with van der Waals surface area (Å²) in [4.78, 5) is 11.8. The molecule has 1 aliphatic heterocycles. The van der Waals surface area contributed by atoms with E-state index in [9.17, 15) is 0 Å². The average Bonchev–Trinajstić information content (AvgIpc) is 3.21. The van der Waals surface area contributed by atoms with Crippen molar-refractivity contribution in [2.24, 2.45) is 0 Å². The molecular formula is C19H24N4O. The van der Waals surface area contributed by atoms with E-state index in [0.717, 1.165) is 24.5 Å². The molecular weight excluding hydrogens is 300 g/mol. The fourth-order valence-corrected chi connectivity index (χ4v) is 3.97. The van der Waals surface area contributed by atoms with Gasteiger partial charge in [-0.3, -0.25) is 0 Å². The van der Waals surface area contributed by atoms with Crippen LogP contribution in [0.1, 0.15) is 48.5 Å². The Morgan fingerprint density at radius 3 is 2.88 bits per heavy atom. The van der Waals surface area contributed by atoms with E-state index in [1.165, 1.54) is 17.5 Å². The van der Waals surface area contributed by atoms with Crippen molar-refractivity contribution in [1.82, 2.24) is 9.97 Å². The summed E-state index contributed by atoms with van der Waals surface area (Å²) < 4.78 is 0. The zero-order chi connectivity index (χ0) is 16.5. The summed E-state index contributed by atoms with van der Waals surface area (Å²) in [5, 5.41) is 12.2. The second kappa shape index (κ2) is 6.40. The molecule has 1 aromatic carbocycles. The first-order valence-electron chi connectivity index (χ1n) is 8.88. The third kappa shape index (κ3) is 2.63. The minimum absolute atomic E-state index is 0.181. The topological polar surface area (TPSA) is 61.3 Å². The van der Waals surface area contributed by atoms with Crippen LogP contribution in [-0.2, 0) is 6.42 Å². The summed E-state index contributed by atoms with van der Waals surface area (Å²) in [5.74, 6) is 2.32. The monoisotopic (exact) mass is 324 g/mol. The van der Waals surface area contributed by atoms with Crippen molar-refractivity contribution in [3.05, 3.63) is 47.2 Å². The predicted octanol–water partition coefficient (Wildman–Crippen LogP) is 2.88. The van der Waals surface area contributed by atoms with Gasteiger partial charge in [0, 0.05) is 37.4 Å². The van der Waals surface area contributed by atoms with Crippen molar-refractivity contribution < 1.29 is 5.11 Å². The van der Waals surface area contributed by atoms with Gasteiger partial charge in [0.15, 0.2) is 0 Å². The Morgan fingerprint density at radius 2 is 2.08 bits per heavy atom. The molecule has 0 unspecified atom stereocenters. The molecule has 1 fully saturated rings. The number of nitrogens with one attached hydrogen (secondary N) is 1. The summed E-state index contributed by atoms with van der Waals surface area (Å²) in [6.45, 7) is 4.03. The van der Waals surface area contributed by atoms with Gasteiger partial charge in [0.05, 0.1) is 6.04 Å². The van der Waals surface area contributed by atoms with E-state index in [-0.39, 0.29) is 6.61 Å². The minimum Gasteiger partial charge on any atom is -0.396 e. The molecule has 2 heterocycles. The van der Waals surface area contributed by atoms with E-state index in [1.54, 1.807) is 0 Å². The zero-order valence-electron chi connectivity index (χ0n) is 14.1. The lowest BCUT2D eigenvalue weighted by molar-refractivity contribution is 0.292. The molecule has 2 bridgehead atoms. The van der Waals surface area contributed by atoms with Gasteiger partial charge < -0.3 is 15.3 Å². The highest BCUT2D eigenvalue weighted by Crippen LogP contribution is 2.51. The quantitative estimate of drug-likeness (QED) is 0.800. The number of hydrogen-bond donors (Lipinski definition) is 2. The fourth-order valence-electron chi connectivity index (χ4n) is 3.97. The van der Waals surface area contributed by atoms with E-state index in [2.05, 4.69) is 52.5 Å². The number of benzene rings is 1. The summed E-state index contributed by atoms with van der Waals surface area (Å²) >= 11 is 0. The smallest absolute Gasteiger partial charge is 0.224 e. The maximum atomic E-state index is 8.95. The molecule has 2 aromatic rings. The highest BCUT2D eigenvalue weighted by Gasteiger charge is 2.42. The number of hydrogen-bond acceptors (Lipinski definition) is 5. The van der Waals surface area contributed by atoms with Crippen molar-refractivity contribution in [2.75, 3.05) is 29.9 Å². The second-order valence-corrected chi connectivity index (χ2v) is 6.63. The summed E-state index contributed by atoms with van der Waals surface area (Å²) in [6, 6.07) is 11.4. The maximum absolute atomic E-state index is 8.95. The molecule has 5 heteroatoms. The Bertz CT molecular complexity index is 733. The zero-order valence-corrected chi connectivity index (χ0v) is 14.1. The lowest BCUT2D eigenvalue weighted by Gasteiger charge is -2.30. The third-order valence-corrected chi connectivity index (χ3v) is 5.14. The molecule has 5 nitrogen and oxygen atoms in total. The summed E-state index contributed by atoms with van der Waals surface area (Å²) in [5.41, 5.74) is 4.03. The van der Waals surface area contributed by atoms with Gasteiger partial charge in [0.25, 0.3) is 0 Å². The van der Waals surface area contributed by atoms with Crippen LogP contribution >= 0.6 is 0 Å². The number of fused-ring (bicyclic) bond motifs is 5. The predicted molar refractivity (Wildman–Crippen MR) is 95.5 cm³/mol. The Hall–Kier alpha value is -2.14. The number of aryl methyl sites for hydroxylation is 1. The number of aliphatic hydroxyl groups excluding tert-OH is 1. The van der Waals surface area contributed by atoms with Gasteiger partial charge in [0.1, 0.15) is 5.82 Å². The lowest BCUT2D eigenvalue weighted by Crippen LogP contribution is -2.28. The molecule has 0 amide bonds. The molecule has 1 saturated heterocycles. The van der Waals surface area contributed by atoms with Crippen molar-refractivity contribution in [1.29, 1.82) is 0 Å². The molecule has 0 spiro atoms. The SMILES string of the molecule is CCc1cc(N2C[C@H]3C[C@H]2c2ccccc23)nc(NCCCO)n1. The molecule has 0 saturated carbocycles. The van der Waals surface area contributed by atoms with Crippen LogP contribution in [0.2, 0.25) is 0 Å². The van der Waals surface area contributed by atoms with E-state index in [4.69, 9.17) is 10.1 Å². The molecule has 2 N–H and O–H groups in total. The molecule has 24 heavy (non-hydrogen) atoms. The van der Waals surface area contributed by atoms with Crippen molar-refractivity contribution >= 4 is 11.8 Å². The highest BCUT2D eigenvalue weighted by atomic mass is 16.3. The van der Waals surface area contributed by atoms with E-state index >= 15 is 0 Å². The van der Waals surface area contributed by atoms with Crippen LogP contribution in [-0.4, -0.2) is 34.8 Å². The third-order valence-electron chi connectivity index (χ3n) is 5.14. The Kier molecular flexibility index (Phi) is 4.10. The molecule has 0 radical (unpaired) electrons. The number of nitrogens with zero attached hydrogens (tertiary/aromatic N) is 3. The number of rotatable bonds is 6. The number of anilines is 2. The Morgan fingerprint density at radius 1 is 1.25 bits per heavy atom. The van der Waals surface area contributed by atoms with Gasteiger partial charge in [-0.25, -0.2) is 4.98 Å². The number of aromatic nitrogens is 2. The van der Waals surface area contributed by atoms with Crippen LogP contribution in [0.25, 0.3) is 0 Å². The Balaban J connectivity index is 1.62. The van der Waals surface area contributed by atoms with Gasteiger partial charge in [-0.2, -0.15) is 4.98 Å². The van der Waals surface area contributed by atoms with Crippen LogP contribution in [0.15, 0.2) is 30.3 Å². The van der Waals surface area contributed by atoms with Crippen LogP contribution in [0, 0.1) is 0 Å². The molecule has 2 atom stereocenters. The van der Waals surface area contributed by atoms with E-state index in [0.29, 0.717) is 30.9 Å². The van der Waals surface area contributed by atoms with E-state index < -0.39 is 0 Å². The largest absolute Gasteiger partial charge is 0.396 e. The number of aliphatic hydroxyl groups is 1. The highest BCUT2D eigenvalue weighted by molar-refractivity contribution is 5.55. The first-order chi connectivity index (χ1) is 11.8. The molecule has 4 rings (SSSR count). The minimum atomic E-state index is 0.181. The standard InChI is InChI=1S/C19H24N4O/c1-2-14-11-18(22-19(21-14)20-8-5-9-24)23-12-13-10-17(23)16-7-4-3-6-15(13)16/h3-4,6-7,11,13,17,24H,2,5,8-10,12H2,1H3,(H,20,21,22)/t13-,17+/m1/s1. The molecule has 2 aliphatic rings. The molecule has 1 aliphatic carbocycles.